The van der Waals surface area contributed by atoms with E-state index in [0.29, 0.717) is 5.56 Å². The van der Waals surface area contributed by atoms with E-state index >= 15 is 0 Å². The van der Waals surface area contributed by atoms with E-state index in [4.69, 9.17) is 11.0 Å². The lowest BCUT2D eigenvalue weighted by molar-refractivity contribution is -0.144. The van der Waals surface area contributed by atoms with E-state index < -0.39 is 23.3 Å². The van der Waals surface area contributed by atoms with Crippen molar-refractivity contribution >= 4 is 5.97 Å². The molecule has 0 bridgehead atoms. The lowest BCUT2D eigenvalue weighted by Crippen LogP contribution is -2.36. The van der Waals surface area contributed by atoms with Crippen LogP contribution in [0.15, 0.2) is 15.8 Å². The van der Waals surface area contributed by atoms with Gasteiger partial charge in [-0.1, -0.05) is 0 Å². The molecule has 8 heteroatoms. The maximum Gasteiger partial charge on any atom is 0.328 e. The van der Waals surface area contributed by atoms with Crippen molar-refractivity contribution in [1.82, 2.24) is 9.55 Å². The van der Waals surface area contributed by atoms with Crippen LogP contribution in [0.1, 0.15) is 12.0 Å². The number of hydrogen-bond acceptors (Lipinski definition) is 6. The highest BCUT2D eigenvalue weighted by Gasteiger charge is 2.15. The molecule has 3 N–H and O–H groups in total. The largest absolute Gasteiger partial charge is 0.449 e. The van der Waals surface area contributed by atoms with Gasteiger partial charge in [0.05, 0.1) is 0 Å². The van der Waals surface area contributed by atoms with E-state index in [0.717, 1.165) is 0 Å². The monoisotopic (exact) mass is 266 g/mol. The summed E-state index contributed by atoms with van der Waals surface area (Å²) in [6, 6.07) is 0.733. The number of carbonyl (C=O) groups is 1. The first-order chi connectivity index (χ1) is 8.95. The highest BCUT2D eigenvalue weighted by atomic mass is 16.5. The molecule has 1 unspecified atom stereocenters. The van der Waals surface area contributed by atoms with Crippen LogP contribution in [0.2, 0.25) is 0 Å². The molecule has 0 saturated carbocycles. The molecule has 0 radical (unpaired) electrons. The Hall–Kier alpha value is -2.40. The molecular weight excluding hydrogens is 252 g/mol. The van der Waals surface area contributed by atoms with Crippen LogP contribution in [0.3, 0.4) is 0 Å². The summed E-state index contributed by atoms with van der Waals surface area (Å²) in [5, 5.41) is 8.25. The molecule has 1 heterocycles. The summed E-state index contributed by atoms with van der Waals surface area (Å²) in [5.41, 5.74) is 4.93. The van der Waals surface area contributed by atoms with E-state index in [9.17, 15) is 14.4 Å². The van der Waals surface area contributed by atoms with Crippen molar-refractivity contribution in [2.75, 3.05) is 6.61 Å². The summed E-state index contributed by atoms with van der Waals surface area (Å²) in [4.78, 5) is 36.0. The van der Waals surface area contributed by atoms with E-state index in [-0.39, 0.29) is 19.6 Å². The molecule has 0 saturated heterocycles. The SMILES string of the molecule is Cc1cn(CCC(N)C(=O)OCC#N)c(=O)[nH]c1=O. The zero-order valence-corrected chi connectivity index (χ0v) is 10.4. The first-order valence-corrected chi connectivity index (χ1v) is 5.55. The van der Waals surface area contributed by atoms with Gasteiger partial charge in [0.1, 0.15) is 12.1 Å². The van der Waals surface area contributed by atoms with Gasteiger partial charge >= 0.3 is 11.7 Å². The number of aryl methyl sites for hydroxylation is 2. The molecule has 1 rings (SSSR count). The van der Waals surface area contributed by atoms with Crippen molar-refractivity contribution in [2.45, 2.75) is 25.9 Å². The molecule has 0 spiro atoms. The summed E-state index contributed by atoms with van der Waals surface area (Å²) < 4.78 is 5.80. The Morgan fingerprint density at radius 3 is 2.95 bits per heavy atom. The lowest BCUT2D eigenvalue weighted by atomic mass is 10.2. The van der Waals surface area contributed by atoms with Gasteiger partial charge in [-0.25, -0.2) is 4.79 Å². The molecule has 0 fully saturated rings. The number of esters is 1. The van der Waals surface area contributed by atoms with Gasteiger partial charge in [-0.3, -0.25) is 14.6 Å². The van der Waals surface area contributed by atoms with Crippen LogP contribution in [0.5, 0.6) is 0 Å². The Balaban J connectivity index is 2.65. The summed E-state index contributed by atoms with van der Waals surface area (Å²) in [7, 11) is 0. The fourth-order valence-corrected chi connectivity index (χ4v) is 1.39. The van der Waals surface area contributed by atoms with Gasteiger partial charge < -0.3 is 15.0 Å². The first-order valence-electron chi connectivity index (χ1n) is 5.55. The smallest absolute Gasteiger partial charge is 0.328 e. The minimum Gasteiger partial charge on any atom is -0.449 e. The van der Waals surface area contributed by atoms with Gasteiger partial charge in [-0.05, 0) is 13.3 Å². The van der Waals surface area contributed by atoms with Crippen molar-refractivity contribution in [1.29, 1.82) is 5.26 Å². The molecule has 102 valence electrons. The summed E-state index contributed by atoms with van der Waals surface area (Å²) in [5.74, 6) is -0.698. The number of carbonyl (C=O) groups excluding carboxylic acids is 1. The number of nitrogens with two attached hydrogens (primary N) is 1. The first kappa shape index (κ1) is 14.7. The number of aromatic amines is 1. The van der Waals surface area contributed by atoms with Crippen molar-refractivity contribution in [3.05, 3.63) is 32.6 Å². The maximum absolute atomic E-state index is 11.5. The van der Waals surface area contributed by atoms with Crippen LogP contribution < -0.4 is 17.0 Å². The molecule has 1 aromatic heterocycles. The second kappa shape index (κ2) is 6.51. The fourth-order valence-electron chi connectivity index (χ4n) is 1.39. The Labute approximate surface area is 108 Å². The average Bonchev–Trinajstić information content (AvgIpc) is 2.38. The third kappa shape index (κ3) is 4.08. The number of nitriles is 1. The number of nitrogens with one attached hydrogen (secondary N) is 1. The zero-order valence-electron chi connectivity index (χ0n) is 10.4. The van der Waals surface area contributed by atoms with Gasteiger partial charge in [-0.15, -0.1) is 0 Å². The molecule has 1 atom stereocenters. The molecule has 0 aliphatic rings. The number of rotatable bonds is 5. The predicted molar refractivity (Wildman–Crippen MR) is 65.2 cm³/mol. The van der Waals surface area contributed by atoms with Crippen LogP contribution in [0.4, 0.5) is 0 Å². The Morgan fingerprint density at radius 1 is 1.63 bits per heavy atom. The molecule has 19 heavy (non-hydrogen) atoms. The molecule has 0 aliphatic carbocycles. The molecule has 0 aromatic carbocycles. The van der Waals surface area contributed by atoms with Crippen LogP contribution in [0.25, 0.3) is 0 Å². The number of aromatic nitrogens is 2. The minimum atomic E-state index is -0.924. The van der Waals surface area contributed by atoms with Gasteiger partial charge in [0.15, 0.2) is 6.61 Å². The number of ether oxygens (including phenoxy) is 1. The fraction of sp³-hybridized carbons (Fsp3) is 0.455. The molecule has 0 aliphatic heterocycles. The standard InChI is InChI=1S/C11H14N4O4/c1-7-6-15(11(18)14-9(7)16)4-2-8(13)10(17)19-5-3-12/h6,8H,2,4-5,13H2,1H3,(H,14,16,18). The Bertz CT molecular complexity index is 610. The molecule has 1 aromatic rings. The normalized spacial score (nSPS) is 11.6. The van der Waals surface area contributed by atoms with Crippen molar-refractivity contribution < 1.29 is 9.53 Å². The Morgan fingerprint density at radius 2 is 2.32 bits per heavy atom. The van der Waals surface area contributed by atoms with Crippen LogP contribution in [0, 0.1) is 18.3 Å². The van der Waals surface area contributed by atoms with Gasteiger partial charge in [0.2, 0.25) is 0 Å². The summed E-state index contributed by atoms with van der Waals surface area (Å²) >= 11 is 0. The van der Waals surface area contributed by atoms with E-state index in [1.165, 1.54) is 10.8 Å². The van der Waals surface area contributed by atoms with E-state index in [1.54, 1.807) is 13.0 Å². The minimum absolute atomic E-state index is 0.162. The maximum atomic E-state index is 11.5. The highest BCUT2D eigenvalue weighted by Crippen LogP contribution is 1.95. The molecule has 0 amide bonds. The van der Waals surface area contributed by atoms with Crippen LogP contribution in [-0.4, -0.2) is 28.2 Å². The highest BCUT2D eigenvalue weighted by molar-refractivity contribution is 5.75. The topological polar surface area (TPSA) is 131 Å². The third-order valence-corrected chi connectivity index (χ3v) is 2.45. The van der Waals surface area contributed by atoms with Crippen LogP contribution >= 0.6 is 0 Å². The van der Waals surface area contributed by atoms with Crippen LogP contribution in [-0.2, 0) is 16.1 Å². The van der Waals surface area contributed by atoms with E-state index in [1.807, 2.05) is 0 Å². The Kier molecular flexibility index (Phi) is 5.02. The second-order valence-corrected chi connectivity index (χ2v) is 3.93. The second-order valence-electron chi connectivity index (χ2n) is 3.93. The molecular formula is C11H14N4O4. The quantitative estimate of drug-likeness (QED) is 0.632. The van der Waals surface area contributed by atoms with Gasteiger partial charge in [-0.2, -0.15) is 5.26 Å². The lowest BCUT2D eigenvalue weighted by Gasteiger charge is -2.11. The number of nitrogens with zero attached hydrogens (tertiary/aromatic N) is 2. The van der Waals surface area contributed by atoms with Gasteiger partial charge in [0, 0.05) is 18.3 Å². The molecule has 8 nitrogen and oxygen atoms in total. The number of H-pyrrole nitrogens is 1. The van der Waals surface area contributed by atoms with E-state index in [2.05, 4.69) is 9.72 Å². The third-order valence-electron chi connectivity index (χ3n) is 2.45. The average molecular weight is 266 g/mol. The summed E-state index contributed by atoms with van der Waals surface area (Å²) in [6.45, 7) is 1.37. The predicted octanol–water partition coefficient (Wildman–Crippen LogP) is -1.37. The zero-order chi connectivity index (χ0) is 14.4. The van der Waals surface area contributed by atoms with Crippen molar-refractivity contribution in [3.63, 3.8) is 0 Å². The van der Waals surface area contributed by atoms with Gasteiger partial charge in [0.25, 0.3) is 5.56 Å². The van der Waals surface area contributed by atoms with Crippen molar-refractivity contribution in [2.24, 2.45) is 5.73 Å². The summed E-state index contributed by atoms with van der Waals surface area (Å²) in [6.07, 6.45) is 1.56. The van der Waals surface area contributed by atoms with Crippen molar-refractivity contribution in [3.8, 4) is 6.07 Å². The number of hydrogen-bond donors (Lipinski definition) is 2.